The molecule has 0 aliphatic rings. The van der Waals surface area contributed by atoms with E-state index >= 15 is 0 Å². The number of ether oxygens (including phenoxy) is 2. The number of fused-ring (bicyclic) bond motifs is 1. The molecule has 0 fully saturated rings. The van der Waals surface area contributed by atoms with Crippen LogP contribution in [-0.2, 0) is 0 Å². The van der Waals surface area contributed by atoms with Crippen LogP contribution in [0.15, 0.2) is 48.7 Å². The number of rotatable bonds is 6. The Morgan fingerprint density at radius 2 is 1.96 bits per heavy atom. The third-order valence-corrected chi connectivity index (χ3v) is 4.12. The van der Waals surface area contributed by atoms with E-state index in [0.29, 0.717) is 13.2 Å². The van der Waals surface area contributed by atoms with Crippen LogP contribution in [0.1, 0.15) is 24.0 Å². The molecule has 3 rings (SSSR count). The van der Waals surface area contributed by atoms with Gasteiger partial charge >= 0.3 is 0 Å². The Morgan fingerprint density at radius 3 is 2.70 bits per heavy atom. The van der Waals surface area contributed by atoms with Crippen molar-refractivity contribution in [2.75, 3.05) is 20.3 Å². The number of nitrogens with two attached hydrogens (primary N) is 1. The standard InChI is InChI=1S/C19H22N2O2/c1-3-23-18-9-8-13(10-19(18)22-2)15(11-20)16-12-21-17-7-5-4-6-14(16)17/h4-10,12,15,21H,3,11,20H2,1-2H3. The predicted octanol–water partition coefficient (Wildman–Crippen LogP) is 3.67. The highest BCUT2D eigenvalue weighted by molar-refractivity contribution is 5.84. The van der Waals surface area contributed by atoms with Gasteiger partial charge in [-0.05, 0) is 36.2 Å². The maximum absolute atomic E-state index is 6.09. The minimum atomic E-state index is 0.107. The maximum atomic E-state index is 6.09. The molecule has 1 heterocycles. The van der Waals surface area contributed by atoms with E-state index < -0.39 is 0 Å². The molecule has 1 atom stereocenters. The van der Waals surface area contributed by atoms with Gasteiger partial charge in [0.25, 0.3) is 0 Å². The molecule has 0 saturated heterocycles. The molecule has 0 saturated carbocycles. The van der Waals surface area contributed by atoms with E-state index in [9.17, 15) is 0 Å². The second-order valence-corrected chi connectivity index (χ2v) is 5.42. The lowest BCUT2D eigenvalue weighted by Crippen LogP contribution is -2.13. The molecule has 120 valence electrons. The number of benzene rings is 2. The fourth-order valence-electron chi connectivity index (χ4n) is 3.00. The first-order chi connectivity index (χ1) is 11.3. The highest BCUT2D eigenvalue weighted by Gasteiger charge is 2.18. The molecule has 0 aliphatic heterocycles. The zero-order chi connectivity index (χ0) is 16.2. The molecule has 0 spiro atoms. The smallest absolute Gasteiger partial charge is 0.161 e. The van der Waals surface area contributed by atoms with Crippen LogP contribution in [-0.4, -0.2) is 25.2 Å². The van der Waals surface area contributed by atoms with Gasteiger partial charge in [-0.2, -0.15) is 0 Å². The van der Waals surface area contributed by atoms with Crippen molar-refractivity contribution in [3.8, 4) is 11.5 Å². The summed E-state index contributed by atoms with van der Waals surface area (Å²) in [6.45, 7) is 3.10. The number of hydrogen-bond donors (Lipinski definition) is 2. The van der Waals surface area contributed by atoms with Crippen LogP contribution < -0.4 is 15.2 Å². The van der Waals surface area contributed by atoms with Crippen LogP contribution in [0, 0.1) is 0 Å². The average molecular weight is 310 g/mol. The summed E-state index contributed by atoms with van der Waals surface area (Å²) in [6.07, 6.45) is 2.05. The molecule has 0 bridgehead atoms. The van der Waals surface area contributed by atoms with Crippen molar-refractivity contribution >= 4 is 10.9 Å². The van der Waals surface area contributed by atoms with Crippen molar-refractivity contribution in [3.63, 3.8) is 0 Å². The van der Waals surface area contributed by atoms with E-state index in [1.165, 1.54) is 10.9 Å². The summed E-state index contributed by atoms with van der Waals surface area (Å²) in [5.41, 5.74) is 9.54. The summed E-state index contributed by atoms with van der Waals surface area (Å²) in [7, 11) is 1.66. The van der Waals surface area contributed by atoms with E-state index in [4.69, 9.17) is 15.2 Å². The normalized spacial score (nSPS) is 12.3. The Labute approximate surface area is 136 Å². The zero-order valence-corrected chi connectivity index (χ0v) is 13.5. The molecule has 2 aromatic carbocycles. The number of aromatic amines is 1. The van der Waals surface area contributed by atoms with Gasteiger partial charge in [-0.3, -0.25) is 0 Å². The van der Waals surface area contributed by atoms with Crippen LogP contribution in [0.3, 0.4) is 0 Å². The van der Waals surface area contributed by atoms with Crippen molar-refractivity contribution in [1.82, 2.24) is 4.98 Å². The molecule has 1 unspecified atom stereocenters. The number of methoxy groups -OCH3 is 1. The van der Waals surface area contributed by atoms with Crippen LogP contribution >= 0.6 is 0 Å². The highest BCUT2D eigenvalue weighted by atomic mass is 16.5. The third kappa shape index (κ3) is 2.90. The summed E-state index contributed by atoms with van der Waals surface area (Å²) in [4.78, 5) is 3.32. The first-order valence-electron chi connectivity index (χ1n) is 7.85. The number of nitrogens with one attached hydrogen (secondary N) is 1. The largest absolute Gasteiger partial charge is 0.493 e. The topological polar surface area (TPSA) is 60.3 Å². The molecule has 0 aliphatic carbocycles. The highest BCUT2D eigenvalue weighted by Crippen LogP contribution is 2.35. The molecular weight excluding hydrogens is 288 g/mol. The number of hydrogen-bond acceptors (Lipinski definition) is 3. The van der Waals surface area contributed by atoms with Crippen molar-refractivity contribution in [2.24, 2.45) is 5.73 Å². The predicted molar refractivity (Wildman–Crippen MR) is 93.4 cm³/mol. The van der Waals surface area contributed by atoms with Gasteiger partial charge < -0.3 is 20.2 Å². The molecule has 0 radical (unpaired) electrons. The zero-order valence-electron chi connectivity index (χ0n) is 13.5. The monoisotopic (exact) mass is 310 g/mol. The number of aromatic nitrogens is 1. The van der Waals surface area contributed by atoms with E-state index in [1.807, 2.05) is 37.4 Å². The maximum Gasteiger partial charge on any atom is 0.161 e. The van der Waals surface area contributed by atoms with Gasteiger partial charge in [-0.25, -0.2) is 0 Å². The fourth-order valence-corrected chi connectivity index (χ4v) is 3.00. The van der Waals surface area contributed by atoms with Gasteiger partial charge in [0.2, 0.25) is 0 Å². The quantitative estimate of drug-likeness (QED) is 0.730. The summed E-state index contributed by atoms with van der Waals surface area (Å²) in [5.74, 6) is 1.60. The van der Waals surface area contributed by atoms with Gasteiger partial charge in [-0.1, -0.05) is 24.3 Å². The van der Waals surface area contributed by atoms with E-state index in [-0.39, 0.29) is 5.92 Å². The van der Waals surface area contributed by atoms with Crippen LogP contribution in [0.4, 0.5) is 0 Å². The lowest BCUT2D eigenvalue weighted by molar-refractivity contribution is 0.310. The van der Waals surface area contributed by atoms with E-state index in [0.717, 1.165) is 22.6 Å². The first-order valence-corrected chi connectivity index (χ1v) is 7.85. The SMILES string of the molecule is CCOc1ccc(C(CN)c2c[nH]c3ccccc23)cc1OC. The van der Waals surface area contributed by atoms with Crippen LogP contribution in [0.2, 0.25) is 0 Å². The minimum Gasteiger partial charge on any atom is -0.493 e. The molecule has 4 nitrogen and oxygen atoms in total. The molecular formula is C19H22N2O2. The molecule has 1 aromatic heterocycles. The summed E-state index contributed by atoms with van der Waals surface area (Å²) < 4.78 is 11.1. The number of para-hydroxylation sites is 1. The van der Waals surface area contributed by atoms with Crippen molar-refractivity contribution in [2.45, 2.75) is 12.8 Å². The number of H-pyrrole nitrogens is 1. The average Bonchev–Trinajstić information content (AvgIpc) is 3.01. The lowest BCUT2D eigenvalue weighted by atomic mass is 9.91. The molecule has 4 heteroatoms. The van der Waals surface area contributed by atoms with Gasteiger partial charge in [0, 0.05) is 29.6 Å². The second-order valence-electron chi connectivity index (χ2n) is 5.42. The van der Waals surface area contributed by atoms with Gasteiger partial charge in [-0.15, -0.1) is 0 Å². The first kappa shape index (κ1) is 15.4. The Bertz CT molecular complexity index is 795. The Hall–Kier alpha value is -2.46. The minimum absolute atomic E-state index is 0.107. The Balaban J connectivity index is 2.04. The molecule has 23 heavy (non-hydrogen) atoms. The van der Waals surface area contributed by atoms with Crippen molar-refractivity contribution in [1.29, 1.82) is 0 Å². The summed E-state index contributed by atoms with van der Waals surface area (Å²) in [6, 6.07) is 14.3. The second kappa shape index (κ2) is 6.75. The van der Waals surface area contributed by atoms with Gasteiger partial charge in [0.15, 0.2) is 11.5 Å². The molecule has 3 N–H and O–H groups in total. The van der Waals surface area contributed by atoms with Crippen molar-refractivity contribution < 1.29 is 9.47 Å². The Morgan fingerprint density at radius 1 is 1.13 bits per heavy atom. The molecule has 0 amide bonds. The van der Waals surface area contributed by atoms with Gasteiger partial charge in [0.1, 0.15) is 0 Å². The summed E-state index contributed by atoms with van der Waals surface area (Å²) in [5, 5.41) is 1.20. The fraction of sp³-hybridized carbons (Fsp3) is 0.263. The lowest BCUT2D eigenvalue weighted by Gasteiger charge is -2.17. The van der Waals surface area contributed by atoms with Crippen LogP contribution in [0.25, 0.3) is 10.9 Å². The van der Waals surface area contributed by atoms with Crippen LogP contribution in [0.5, 0.6) is 11.5 Å². The van der Waals surface area contributed by atoms with Gasteiger partial charge in [0.05, 0.1) is 13.7 Å². The van der Waals surface area contributed by atoms with E-state index in [1.54, 1.807) is 7.11 Å². The third-order valence-electron chi connectivity index (χ3n) is 4.12. The Kier molecular flexibility index (Phi) is 4.53. The van der Waals surface area contributed by atoms with E-state index in [2.05, 4.69) is 23.2 Å². The molecule has 3 aromatic rings. The van der Waals surface area contributed by atoms with Crippen molar-refractivity contribution in [3.05, 3.63) is 59.8 Å². The summed E-state index contributed by atoms with van der Waals surface area (Å²) >= 11 is 0.